The number of nitrogens with one attached hydrogen (secondary N) is 1. The summed E-state index contributed by atoms with van der Waals surface area (Å²) < 4.78 is 10.3. The average molecular weight is 378 g/mol. The molecule has 0 aliphatic carbocycles. The van der Waals surface area contributed by atoms with Gasteiger partial charge in [-0.15, -0.1) is 11.3 Å². The molecule has 1 N–H and O–H groups in total. The zero-order valence-corrected chi connectivity index (χ0v) is 15.8. The molecule has 3 rings (SSSR count). The van der Waals surface area contributed by atoms with Gasteiger partial charge in [0.1, 0.15) is 0 Å². The third-order valence-corrected chi connectivity index (χ3v) is 4.74. The number of aromatic nitrogens is 1. The topological polar surface area (TPSA) is 93.1 Å². The van der Waals surface area contributed by atoms with Gasteiger partial charge in [-0.1, -0.05) is 0 Å². The quantitative estimate of drug-likeness (QED) is 0.787. The Labute approximate surface area is 155 Å². The number of hydrogen-bond donors (Lipinski definition) is 1. The minimum Gasteiger partial charge on any atom is -0.463 e. The number of rotatable bonds is 5. The summed E-state index contributed by atoms with van der Waals surface area (Å²) in [6, 6.07) is -0.177. The van der Waals surface area contributed by atoms with Gasteiger partial charge in [0.2, 0.25) is 0 Å². The lowest BCUT2D eigenvalue weighted by molar-refractivity contribution is -0.138. The highest BCUT2D eigenvalue weighted by molar-refractivity contribution is 7.11. The van der Waals surface area contributed by atoms with E-state index in [-0.39, 0.29) is 24.7 Å². The monoisotopic (exact) mass is 378 g/mol. The number of hydrogen-bond acceptors (Lipinski definition) is 8. The second-order valence-electron chi connectivity index (χ2n) is 6.23. The maximum absolute atomic E-state index is 12.3. The normalized spacial score (nSPS) is 19.3. The van der Waals surface area contributed by atoms with Crippen molar-refractivity contribution in [1.82, 2.24) is 15.2 Å². The Bertz CT molecular complexity index is 742. The predicted octanol–water partition coefficient (Wildman–Crippen LogP) is 1.93. The largest absolute Gasteiger partial charge is 0.463 e. The number of carbonyl (C=O) groups is 2. The number of aliphatic imine (C=N–C) groups is 1. The van der Waals surface area contributed by atoms with Crippen LogP contribution in [0.5, 0.6) is 0 Å². The molecule has 1 aromatic rings. The Kier molecular flexibility index (Phi) is 5.55. The number of amides is 1. The van der Waals surface area contributed by atoms with Gasteiger partial charge in [0.25, 0.3) is 0 Å². The van der Waals surface area contributed by atoms with Crippen LogP contribution in [-0.2, 0) is 14.3 Å². The minimum atomic E-state index is -0.462. The number of esters is 1. The fraction of sp³-hybridized carbons (Fsp3) is 0.529. The van der Waals surface area contributed by atoms with Crippen molar-refractivity contribution in [3.63, 3.8) is 0 Å². The Hall–Kier alpha value is -2.42. The van der Waals surface area contributed by atoms with Crippen LogP contribution in [-0.4, -0.2) is 59.6 Å². The fourth-order valence-corrected chi connectivity index (χ4v) is 3.65. The number of ether oxygens (including phenoxy) is 2. The summed E-state index contributed by atoms with van der Waals surface area (Å²) in [5, 5.41) is 5.53. The maximum atomic E-state index is 12.3. The van der Waals surface area contributed by atoms with E-state index in [0.717, 1.165) is 16.5 Å². The van der Waals surface area contributed by atoms with Crippen LogP contribution >= 0.6 is 11.3 Å². The number of thiazole rings is 1. The zero-order chi connectivity index (χ0) is 18.7. The van der Waals surface area contributed by atoms with E-state index in [2.05, 4.69) is 15.3 Å². The van der Waals surface area contributed by atoms with Crippen LogP contribution in [0.2, 0.25) is 0 Å². The molecule has 26 heavy (non-hydrogen) atoms. The molecule has 1 unspecified atom stereocenters. The Morgan fingerprint density at radius 3 is 2.92 bits per heavy atom. The molecular weight excluding hydrogens is 356 g/mol. The first kappa shape index (κ1) is 18.4. The first-order valence-corrected chi connectivity index (χ1v) is 9.45. The fourth-order valence-electron chi connectivity index (χ4n) is 3.00. The summed E-state index contributed by atoms with van der Waals surface area (Å²) in [6.07, 6.45) is 1.58. The lowest BCUT2D eigenvalue weighted by Gasteiger charge is -2.26. The van der Waals surface area contributed by atoms with Crippen LogP contribution < -0.4 is 5.32 Å². The maximum Gasteiger partial charge on any atom is 0.407 e. The van der Waals surface area contributed by atoms with E-state index in [1.165, 1.54) is 11.3 Å². The third kappa shape index (κ3) is 3.87. The van der Waals surface area contributed by atoms with E-state index in [1.54, 1.807) is 27.0 Å². The Morgan fingerprint density at radius 1 is 1.46 bits per heavy atom. The van der Waals surface area contributed by atoms with Gasteiger partial charge in [-0.25, -0.2) is 14.6 Å². The summed E-state index contributed by atoms with van der Waals surface area (Å²) in [6.45, 7) is 6.43. The molecule has 1 fully saturated rings. The van der Waals surface area contributed by atoms with Crippen LogP contribution in [0.15, 0.2) is 27.8 Å². The molecule has 0 saturated carbocycles. The first-order valence-electron chi connectivity index (χ1n) is 8.57. The van der Waals surface area contributed by atoms with Crippen LogP contribution in [0.25, 0.3) is 0 Å². The molecule has 2 aliphatic heterocycles. The minimum absolute atomic E-state index is 0.177. The van der Waals surface area contributed by atoms with E-state index in [4.69, 9.17) is 9.47 Å². The van der Waals surface area contributed by atoms with Crippen molar-refractivity contribution in [3.8, 4) is 0 Å². The van der Waals surface area contributed by atoms with Crippen molar-refractivity contribution in [2.24, 2.45) is 4.99 Å². The van der Waals surface area contributed by atoms with Crippen molar-refractivity contribution in [2.75, 3.05) is 19.7 Å². The van der Waals surface area contributed by atoms with Gasteiger partial charge in [-0.2, -0.15) is 0 Å². The Balaban J connectivity index is 1.83. The summed E-state index contributed by atoms with van der Waals surface area (Å²) >= 11 is 1.49. The van der Waals surface area contributed by atoms with Crippen LogP contribution in [0.4, 0.5) is 4.79 Å². The molecule has 8 nitrogen and oxygen atoms in total. The lowest BCUT2D eigenvalue weighted by atomic mass is 10.1. The molecule has 1 saturated heterocycles. The van der Waals surface area contributed by atoms with Gasteiger partial charge >= 0.3 is 12.1 Å². The van der Waals surface area contributed by atoms with Gasteiger partial charge in [0.15, 0.2) is 10.8 Å². The molecule has 9 heteroatoms. The molecular formula is C17H22N4O4S. The molecule has 1 aromatic heterocycles. The highest BCUT2D eigenvalue weighted by Gasteiger charge is 2.38. The highest BCUT2D eigenvalue weighted by Crippen LogP contribution is 2.31. The molecule has 2 aliphatic rings. The van der Waals surface area contributed by atoms with E-state index in [9.17, 15) is 9.59 Å². The molecule has 1 atom stereocenters. The van der Waals surface area contributed by atoms with Crippen LogP contribution in [0, 0.1) is 0 Å². The SMILES string of the molecule is CCOC(=O)C1=C2CC(NC(=O)OC(C)C)CN2C(c2nccs2)=NC1. The number of alkyl carbamates (subject to hydrolysis) is 1. The molecule has 3 heterocycles. The molecule has 140 valence electrons. The van der Waals surface area contributed by atoms with Crippen molar-refractivity contribution in [3.05, 3.63) is 27.9 Å². The van der Waals surface area contributed by atoms with Crippen LogP contribution in [0.3, 0.4) is 0 Å². The van der Waals surface area contributed by atoms with E-state index >= 15 is 0 Å². The molecule has 0 aromatic carbocycles. The van der Waals surface area contributed by atoms with Crippen molar-refractivity contribution in [2.45, 2.75) is 39.3 Å². The van der Waals surface area contributed by atoms with Crippen LogP contribution in [0.1, 0.15) is 32.2 Å². The van der Waals surface area contributed by atoms with Gasteiger partial charge in [0.05, 0.1) is 30.9 Å². The Morgan fingerprint density at radius 2 is 2.27 bits per heavy atom. The number of fused-ring (bicyclic) bond motifs is 1. The second-order valence-corrected chi connectivity index (χ2v) is 7.13. The van der Waals surface area contributed by atoms with Crippen molar-refractivity contribution >= 4 is 29.2 Å². The van der Waals surface area contributed by atoms with Gasteiger partial charge in [-0.05, 0) is 20.8 Å². The summed E-state index contributed by atoms with van der Waals surface area (Å²) in [5.41, 5.74) is 1.37. The zero-order valence-electron chi connectivity index (χ0n) is 15.0. The predicted molar refractivity (Wildman–Crippen MR) is 97.0 cm³/mol. The first-order chi connectivity index (χ1) is 12.5. The average Bonchev–Trinajstić information content (AvgIpc) is 3.22. The van der Waals surface area contributed by atoms with E-state index < -0.39 is 6.09 Å². The van der Waals surface area contributed by atoms with Gasteiger partial charge < -0.3 is 19.7 Å². The summed E-state index contributed by atoms with van der Waals surface area (Å²) in [4.78, 5) is 35.1. The lowest BCUT2D eigenvalue weighted by Crippen LogP contribution is -2.40. The van der Waals surface area contributed by atoms with Gasteiger partial charge in [-0.3, -0.25) is 4.99 Å². The number of carbonyl (C=O) groups excluding carboxylic acids is 2. The summed E-state index contributed by atoms with van der Waals surface area (Å²) in [7, 11) is 0. The van der Waals surface area contributed by atoms with E-state index in [0.29, 0.717) is 25.1 Å². The smallest absolute Gasteiger partial charge is 0.407 e. The molecule has 0 spiro atoms. The molecule has 1 amide bonds. The highest BCUT2D eigenvalue weighted by atomic mass is 32.1. The molecule has 0 bridgehead atoms. The third-order valence-electron chi connectivity index (χ3n) is 3.97. The second kappa shape index (κ2) is 7.86. The number of amidine groups is 1. The molecule has 0 radical (unpaired) electrons. The summed E-state index contributed by atoms with van der Waals surface area (Å²) in [5.74, 6) is 0.365. The van der Waals surface area contributed by atoms with E-state index in [1.807, 2.05) is 10.3 Å². The van der Waals surface area contributed by atoms with Crippen molar-refractivity contribution < 1.29 is 19.1 Å². The van der Waals surface area contributed by atoms with Gasteiger partial charge in [0, 0.05) is 30.2 Å². The standard InChI is InChI=1S/C17H22N4O4S/c1-4-24-16(22)12-8-19-14(15-18-5-6-26-15)21-9-11(7-13(12)21)20-17(23)25-10(2)3/h5-6,10-11H,4,7-9H2,1-3H3,(H,20,23). The van der Waals surface area contributed by atoms with Crippen molar-refractivity contribution in [1.29, 1.82) is 0 Å². The number of nitrogens with zero attached hydrogens (tertiary/aromatic N) is 3.